The lowest BCUT2D eigenvalue weighted by atomic mass is 10.1. The lowest BCUT2D eigenvalue weighted by Gasteiger charge is -2.29. The molecule has 1 fully saturated rings. The highest BCUT2D eigenvalue weighted by Gasteiger charge is 2.13. The van der Waals surface area contributed by atoms with E-state index < -0.39 is 4.92 Å². The highest BCUT2D eigenvalue weighted by molar-refractivity contribution is 5.76. The number of nitro benzene ring substituents is 1. The zero-order valence-electron chi connectivity index (χ0n) is 17.2. The molecule has 30 heavy (non-hydrogen) atoms. The SMILES string of the molecule is CC(NC(=O)CCCNc1ccc([N+](=O)[O-])cc1)c1ccc(N2CCOCC2)cc1. The monoisotopic (exact) mass is 412 g/mol. The van der Waals surface area contributed by atoms with Crippen LogP contribution in [0.5, 0.6) is 0 Å². The van der Waals surface area contributed by atoms with Crippen molar-refractivity contribution in [1.29, 1.82) is 0 Å². The molecule has 0 aliphatic carbocycles. The van der Waals surface area contributed by atoms with Gasteiger partial charge in [-0.2, -0.15) is 0 Å². The van der Waals surface area contributed by atoms with Gasteiger partial charge < -0.3 is 20.3 Å². The van der Waals surface area contributed by atoms with Gasteiger partial charge in [-0.3, -0.25) is 14.9 Å². The van der Waals surface area contributed by atoms with Crippen LogP contribution in [0.15, 0.2) is 48.5 Å². The molecule has 1 saturated heterocycles. The van der Waals surface area contributed by atoms with Gasteiger partial charge in [0.25, 0.3) is 5.69 Å². The van der Waals surface area contributed by atoms with Crippen LogP contribution in [0.2, 0.25) is 0 Å². The minimum atomic E-state index is -0.425. The van der Waals surface area contributed by atoms with Gasteiger partial charge in [-0.15, -0.1) is 0 Å². The molecule has 8 heteroatoms. The van der Waals surface area contributed by atoms with Gasteiger partial charge in [-0.1, -0.05) is 12.1 Å². The third-order valence-corrected chi connectivity index (χ3v) is 5.13. The lowest BCUT2D eigenvalue weighted by Crippen LogP contribution is -2.36. The molecule has 2 aromatic rings. The van der Waals surface area contributed by atoms with E-state index in [9.17, 15) is 14.9 Å². The van der Waals surface area contributed by atoms with Crippen LogP contribution in [0.4, 0.5) is 17.1 Å². The largest absolute Gasteiger partial charge is 0.385 e. The van der Waals surface area contributed by atoms with Gasteiger partial charge in [-0.05, 0) is 43.2 Å². The summed E-state index contributed by atoms with van der Waals surface area (Å²) in [5, 5.41) is 16.9. The summed E-state index contributed by atoms with van der Waals surface area (Å²) in [5.41, 5.74) is 3.11. The molecule has 1 aliphatic rings. The number of nitrogens with one attached hydrogen (secondary N) is 2. The molecule has 8 nitrogen and oxygen atoms in total. The van der Waals surface area contributed by atoms with Gasteiger partial charge in [0, 0.05) is 49.6 Å². The van der Waals surface area contributed by atoms with Crippen molar-refractivity contribution in [2.75, 3.05) is 43.1 Å². The number of non-ortho nitro benzene ring substituents is 1. The second-order valence-corrected chi connectivity index (χ2v) is 7.31. The molecule has 0 spiro atoms. The zero-order chi connectivity index (χ0) is 21.3. The molecular formula is C22H28N4O4. The first-order valence-electron chi connectivity index (χ1n) is 10.2. The van der Waals surface area contributed by atoms with Crippen LogP contribution in [-0.4, -0.2) is 43.7 Å². The van der Waals surface area contributed by atoms with Crippen LogP contribution >= 0.6 is 0 Å². The molecule has 0 aromatic heterocycles. The molecule has 1 amide bonds. The van der Waals surface area contributed by atoms with Crippen molar-refractivity contribution >= 4 is 23.0 Å². The van der Waals surface area contributed by atoms with Crippen LogP contribution in [-0.2, 0) is 9.53 Å². The molecule has 2 N–H and O–H groups in total. The molecule has 1 atom stereocenters. The summed E-state index contributed by atoms with van der Waals surface area (Å²) in [6.45, 7) is 5.92. The van der Waals surface area contributed by atoms with E-state index in [1.807, 2.05) is 6.92 Å². The summed E-state index contributed by atoms with van der Waals surface area (Å²) in [6.07, 6.45) is 1.09. The van der Waals surface area contributed by atoms with Crippen molar-refractivity contribution in [2.24, 2.45) is 0 Å². The quantitative estimate of drug-likeness (QED) is 0.372. The number of ether oxygens (including phenoxy) is 1. The number of nitrogens with zero attached hydrogens (tertiary/aromatic N) is 2. The first kappa shape index (κ1) is 21.6. The normalized spacial score (nSPS) is 14.8. The third kappa shape index (κ3) is 6.18. The highest BCUT2D eigenvalue weighted by atomic mass is 16.6. The smallest absolute Gasteiger partial charge is 0.269 e. The Bertz CT molecular complexity index is 833. The fourth-order valence-corrected chi connectivity index (χ4v) is 3.38. The van der Waals surface area contributed by atoms with Crippen LogP contribution in [0.3, 0.4) is 0 Å². The maximum atomic E-state index is 12.2. The Morgan fingerprint density at radius 1 is 1.13 bits per heavy atom. The summed E-state index contributed by atoms with van der Waals surface area (Å²) in [4.78, 5) is 24.8. The van der Waals surface area contributed by atoms with Gasteiger partial charge in [0.2, 0.25) is 5.91 Å². The zero-order valence-corrected chi connectivity index (χ0v) is 17.2. The molecule has 0 saturated carbocycles. The van der Waals surface area contributed by atoms with Crippen molar-refractivity contribution in [3.05, 3.63) is 64.2 Å². The van der Waals surface area contributed by atoms with Gasteiger partial charge in [0.15, 0.2) is 0 Å². The summed E-state index contributed by atoms with van der Waals surface area (Å²) < 4.78 is 5.39. The molecular weight excluding hydrogens is 384 g/mol. The highest BCUT2D eigenvalue weighted by Crippen LogP contribution is 2.20. The molecule has 1 unspecified atom stereocenters. The molecule has 1 aliphatic heterocycles. The Labute approximate surface area is 176 Å². The van der Waals surface area contributed by atoms with Gasteiger partial charge in [0.05, 0.1) is 24.2 Å². The van der Waals surface area contributed by atoms with Gasteiger partial charge in [0.1, 0.15) is 0 Å². The lowest BCUT2D eigenvalue weighted by molar-refractivity contribution is -0.384. The van der Waals surface area contributed by atoms with E-state index in [4.69, 9.17) is 4.74 Å². The number of nitro groups is 1. The fraction of sp³-hybridized carbons (Fsp3) is 0.409. The second kappa shape index (κ2) is 10.6. The third-order valence-electron chi connectivity index (χ3n) is 5.13. The van der Waals surface area contributed by atoms with E-state index >= 15 is 0 Å². The summed E-state index contributed by atoms with van der Waals surface area (Å²) in [5.74, 6) is 0.00487. The first-order chi connectivity index (χ1) is 14.5. The van der Waals surface area contributed by atoms with E-state index in [0.29, 0.717) is 19.4 Å². The summed E-state index contributed by atoms with van der Waals surface area (Å²) >= 11 is 0. The summed E-state index contributed by atoms with van der Waals surface area (Å²) in [7, 11) is 0. The molecule has 0 bridgehead atoms. The maximum absolute atomic E-state index is 12.2. The Kier molecular flexibility index (Phi) is 7.62. The number of hydrogen-bond donors (Lipinski definition) is 2. The van der Waals surface area contributed by atoms with Crippen LogP contribution in [0.1, 0.15) is 31.4 Å². The minimum Gasteiger partial charge on any atom is -0.385 e. The van der Waals surface area contributed by atoms with Crippen molar-refractivity contribution in [1.82, 2.24) is 5.32 Å². The van der Waals surface area contributed by atoms with E-state index in [-0.39, 0.29) is 17.6 Å². The van der Waals surface area contributed by atoms with Crippen LogP contribution in [0, 0.1) is 10.1 Å². The fourth-order valence-electron chi connectivity index (χ4n) is 3.38. The first-order valence-corrected chi connectivity index (χ1v) is 10.2. The molecule has 160 valence electrons. The van der Waals surface area contributed by atoms with Crippen molar-refractivity contribution in [3.63, 3.8) is 0 Å². The average Bonchev–Trinajstić information content (AvgIpc) is 2.77. The Hall–Kier alpha value is -3.13. The van der Waals surface area contributed by atoms with E-state index in [1.54, 1.807) is 12.1 Å². The van der Waals surface area contributed by atoms with Crippen molar-refractivity contribution in [3.8, 4) is 0 Å². The number of carbonyl (C=O) groups excluding carboxylic acids is 1. The van der Waals surface area contributed by atoms with E-state index in [0.717, 1.165) is 37.6 Å². The van der Waals surface area contributed by atoms with Gasteiger partial charge >= 0.3 is 0 Å². The van der Waals surface area contributed by atoms with E-state index in [2.05, 4.69) is 39.8 Å². The number of benzene rings is 2. The average molecular weight is 412 g/mol. The summed E-state index contributed by atoms with van der Waals surface area (Å²) in [6, 6.07) is 14.5. The second-order valence-electron chi connectivity index (χ2n) is 7.31. The van der Waals surface area contributed by atoms with Crippen molar-refractivity contribution in [2.45, 2.75) is 25.8 Å². The Morgan fingerprint density at radius 3 is 2.43 bits per heavy atom. The topological polar surface area (TPSA) is 96.7 Å². The number of rotatable bonds is 9. The number of hydrogen-bond acceptors (Lipinski definition) is 6. The van der Waals surface area contributed by atoms with E-state index in [1.165, 1.54) is 17.8 Å². The minimum absolute atomic E-state index is 0.00487. The molecule has 1 heterocycles. The standard InChI is InChI=1S/C22H28N4O4/c1-17(18-4-8-20(9-5-18)25-13-15-30-16-14-25)24-22(27)3-2-12-23-19-6-10-21(11-7-19)26(28)29/h4-11,17,23H,2-3,12-16H2,1H3,(H,24,27). The van der Waals surface area contributed by atoms with Crippen molar-refractivity contribution < 1.29 is 14.5 Å². The maximum Gasteiger partial charge on any atom is 0.269 e. The molecule has 0 radical (unpaired) electrons. The predicted octanol–water partition coefficient (Wildman–Crippen LogP) is 3.50. The number of anilines is 2. The predicted molar refractivity (Wildman–Crippen MR) is 117 cm³/mol. The Morgan fingerprint density at radius 2 is 1.80 bits per heavy atom. The van der Waals surface area contributed by atoms with Gasteiger partial charge in [-0.25, -0.2) is 0 Å². The molecule has 3 rings (SSSR count). The van der Waals surface area contributed by atoms with Crippen LogP contribution in [0.25, 0.3) is 0 Å². The Balaban J connectivity index is 1.38. The van der Waals surface area contributed by atoms with Crippen LogP contribution < -0.4 is 15.5 Å². The number of morpholine rings is 1. The molecule has 2 aromatic carbocycles. The number of carbonyl (C=O) groups is 1. The number of amides is 1.